The summed E-state index contributed by atoms with van der Waals surface area (Å²) in [6, 6.07) is 5.61. The second-order valence-electron chi connectivity index (χ2n) is 4.38. The molecular weight excluding hydrogens is 288 g/mol. The van der Waals surface area contributed by atoms with E-state index in [9.17, 15) is 4.79 Å². The summed E-state index contributed by atoms with van der Waals surface area (Å²) in [5, 5.41) is 12.8. The van der Waals surface area contributed by atoms with Gasteiger partial charge in [-0.3, -0.25) is 4.68 Å². The topological polar surface area (TPSA) is 64.3 Å². The number of benzene rings is 1. The van der Waals surface area contributed by atoms with Crippen LogP contribution in [-0.2, 0) is 17.6 Å². The van der Waals surface area contributed by atoms with Gasteiger partial charge >= 0.3 is 5.97 Å². The predicted octanol–water partition coefficient (Wildman–Crippen LogP) is 2.82. The van der Waals surface area contributed by atoms with Gasteiger partial charge in [-0.1, -0.05) is 6.07 Å². The fourth-order valence-corrected chi connectivity index (χ4v) is 2.71. The van der Waals surface area contributed by atoms with E-state index < -0.39 is 5.97 Å². The molecule has 0 fully saturated rings. The first-order chi connectivity index (χ1) is 10.1. The Kier molecular flexibility index (Phi) is 5.05. The summed E-state index contributed by atoms with van der Waals surface area (Å²) in [4.78, 5) is 11.6. The molecule has 110 valence electrons. The van der Waals surface area contributed by atoms with Crippen LogP contribution in [0.1, 0.15) is 11.1 Å². The Morgan fingerprint density at radius 1 is 1.52 bits per heavy atom. The van der Waals surface area contributed by atoms with Crippen molar-refractivity contribution in [2.45, 2.75) is 10.6 Å². The zero-order chi connectivity index (χ0) is 15.2. The second kappa shape index (κ2) is 6.99. The lowest BCUT2D eigenvalue weighted by Gasteiger charge is -2.08. The molecule has 5 nitrogen and oxygen atoms in total. The average molecular weight is 304 g/mol. The number of nitrogens with zero attached hydrogens (tertiary/aromatic N) is 2. The minimum atomic E-state index is -0.961. The predicted molar refractivity (Wildman–Crippen MR) is 82.4 cm³/mol. The normalized spacial score (nSPS) is 11.0. The lowest BCUT2D eigenvalue weighted by atomic mass is 10.1. The fourth-order valence-electron chi connectivity index (χ4n) is 1.82. The minimum absolute atomic E-state index is 0.726. The number of methoxy groups -OCH3 is 1. The number of hydrogen-bond donors (Lipinski definition) is 1. The van der Waals surface area contributed by atoms with Crippen molar-refractivity contribution in [2.24, 2.45) is 7.05 Å². The molecule has 0 spiro atoms. The second-order valence-corrected chi connectivity index (χ2v) is 5.43. The van der Waals surface area contributed by atoms with E-state index in [0.29, 0.717) is 0 Å². The maximum atomic E-state index is 10.6. The highest BCUT2D eigenvalue weighted by Gasteiger charge is 2.06. The molecule has 1 aromatic heterocycles. The van der Waals surface area contributed by atoms with E-state index in [4.69, 9.17) is 9.84 Å². The summed E-state index contributed by atoms with van der Waals surface area (Å²) in [5.74, 6) is 0.555. The molecule has 1 N–H and O–H groups in total. The Hall–Kier alpha value is -2.21. The van der Waals surface area contributed by atoms with Gasteiger partial charge in [0.15, 0.2) is 0 Å². The van der Waals surface area contributed by atoms with E-state index in [2.05, 4.69) is 5.10 Å². The van der Waals surface area contributed by atoms with Crippen molar-refractivity contribution in [2.75, 3.05) is 7.11 Å². The van der Waals surface area contributed by atoms with Crippen molar-refractivity contribution in [1.29, 1.82) is 0 Å². The van der Waals surface area contributed by atoms with Gasteiger partial charge in [0.2, 0.25) is 0 Å². The fraction of sp³-hybridized carbons (Fsp3) is 0.200. The van der Waals surface area contributed by atoms with E-state index >= 15 is 0 Å². The molecule has 21 heavy (non-hydrogen) atoms. The first-order valence-electron chi connectivity index (χ1n) is 6.28. The van der Waals surface area contributed by atoms with Gasteiger partial charge in [-0.15, -0.1) is 11.8 Å². The van der Waals surface area contributed by atoms with Crippen LogP contribution in [0, 0.1) is 0 Å². The SMILES string of the molecule is COc1ccc(C=CC(=O)O)cc1CSc1cnn(C)c1. The molecule has 0 aliphatic heterocycles. The van der Waals surface area contributed by atoms with E-state index in [-0.39, 0.29) is 0 Å². The van der Waals surface area contributed by atoms with Crippen molar-refractivity contribution in [3.8, 4) is 5.75 Å². The largest absolute Gasteiger partial charge is 0.496 e. The Morgan fingerprint density at radius 2 is 2.33 bits per heavy atom. The molecule has 1 heterocycles. The molecule has 0 bridgehead atoms. The van der Waals surface area contributed by atoms with Gasteiger partial charge in [0.25, 0.3) is 0 Å². The number of aromatic nitrogens is 2. The molecule has 2 rings (SSSR count). The van der Waals surface area contributed by atoms with Crippen LogP contribution in [0.2, 0.25) is 0 Å². The molecule has 6 heteroatoms. The molecular formula is C15H16N2O3S. The highest BCUT2D eigenvalue weighted by Crippen LogP contribution is 2.28. The third-order valence-corrected chi connectivity index (χ3v) is 3.80. The standard InChI is InChI=1S/C15H16N2O3S/c1-17-9-13(8-16-17)21-10-12-7-11(4-6-15(18)19)3-5-14(12)20-2/h3-9H,10H2,1-2H3,(H,18,19). The van der Waals surface area contributed by atoms with Gasteiger partial charge in [0.1, 0.15) is 5.75 Å². The Morgan fingerprint density at radius 3 is 2.95 bits per heavy atom. The van der Waals surface area contributed by atoms with Crippen LogP contribution in [0.3, 0.4) is 0 Å². The third kappa shape index (κ3) is 4.39. The molecule has 0 radical (unpaired) electrons. The minimum Gasteiger partial charge on any atom is -0.496 e. The molecule has 0 unspecified atom stereocenters. The van der Waals surface area contributed by atoms with Crippen LogP contribution >= 0.6 is 11.8 Å². The zero-order valence-electron chi connectivity index (χ0n) is 11.8. The van der Waals surface area contributed by atoms with Crippen molar-refractivity contribution in [3.05, 3.63) is 47.8 Å². The van der Waals surface area contributed by atoms with Gasteiger partial charge in [-0.25, -0.2) is 4.79 Å². The van der Waals surface area contributed by atoms with E-state index in [1.54, 1.807) is 29.6 Å². The van der Waals surface area contributed by atoms with Gasteiger partial charge in [0.05, 0.1) is 13.3 Å². The van der Waals surface area contributed by atoms with Crippen LogP contribution in [-0.4, -0.2) is 28.0 Å². The monoisotopic (exact) mass is 304 g/mol. The molecule has 2 aromatic rings. The summed E-state index contributed by atoms with van der Waals surface area (Å²) in [6.45, 7) is 0. The molecule has 0 atom stereocenters. The number of ether oxygens (including phenoxy) is 1. The Balaban J connectivity index is 2.15. The maximum absolute atomic E-state index is 10.6. The summed E-state index contributed by atoms with van der Waals surface area (Å²) in [7, 11) is 3.50. The summed E-state index contributed by atoms with van der Waals surface area (Å²) in [5.41, 5.74) is 1.85. The summed E-state index contributed by atoms with van der Waals surface area (Å²) >= 11 is 1.65. The lowest BCUT2D eigenvalue weighted by molar-refractivity contribution is -0.131. The molecule has 0 aliphatic carbocycles. The van der Waals surface area contributed by atoms with Crippen molar-refractivity contribution >= 4 is 23.8 Å². The summed E-state index contributed by atoms with van der Waals surface area (Å²) < 4.78 is 7.10. The number of hydrogen-bond acceptors (Lipinski definition) is 4. The van der Waals surface area contributed by atoms with E-state index in [1.165, 1.54) is 0 Å². The number of rotatable bonds is 6. The van der Waals surface area contributed by atoms with Gasteiger partial charge in [-0.05, 0) is 23.8 Å². The van der Waals surface area contributed by atoms with Crippen molar-refractivity contribution in [1.82, 2.24) is 9.78 Å². The molecule has 0 aliphatic rings. The number of aliphatic carboxylic acids is 1. The Labute approximate surface area is 127 Å². The highest BCUT2D eigenvalue weighted by atomic mass is 32.2. The first-order valence-corrected chi connectivity index (χ1v) is 7.26. The molecule has 0 saturated heterocycles. The molecule has 0 amide bonds. The number of thioether (sulfide) groups is 1. The van der Waals surface area contributed by atoms with Crippen molar-refractivity contribution < 1.29 is 14.6 Å². The zero-order valence-corrected chi connectivity index (χ0v) is 12.6. The lowest BCUT2D eigenvalue weighted by Crippen LogP contribution is -1.92. The van der Waals surface area contributed by atoms with Gasteiger partial charge in [0, 0.05) is 35.5 Å². The molecule has 0 saturated carbocycles. The van der Waals surface area contributed by atoms with Gasteiger partial charge in [-0.2, -0.15) is 5.10 Å². The first kappa shape index (κ1) is 15.2. The van der Waals surface area contributed by atoms with Crippen LogP contribution in [0.4, 0.5) is 0 Å². The number of carboxylic acid groups (broad SMARTS) is 1. The maximum Gasteiger partial charge on any atom is 0.328 e. The van der Waals surface area contributed by atoms with Crippen LogP contribution in [0.5, 0.6) is 5.75 Å². The van der Waals surface area contributed by atoms with Gasteiger partial charge < -0.3 is 9.84 Å². The smallest absolute Gasteiger partial charge is 0.328 e. The van der Waals surface area contributed by atoms with Crippen LogP contribution < -0.4 is 4.74 Å². The summed E-state index contributed by atoms with van der Waals surface area (Å²) in [6.07, 6.45) is 6.45. The number of carbonyl (C=O) groups is 1. The molecule has 1 aromatic carbocycles. The Bertz CT molecular complexity index is 665. The number of carboxylic acids is 1. The third-order valence-electron chi connectivity index (χ3n) is 2.80. The van der Waals surface area contributed by atoms with E-state index in [0.717, 1.165) is 33.6 Å². The van der Waals surface area contributed by atoms with E-state index in [1.807, 2.05) is 37.6 Å². The average Bonchev–Trinajstić information content (AvgIpc) is 2.88. The van der Waals surface area contributed by atoms with Crippen LogP contribution in [0.25, 0.3) is 6.08 Å². The highest BCUT2D eigenvalue weighted by molar-refractivity contribution is 7.98. The van der Waals surface area contributed by atoms with Crippen LogP contribution in [0.15, 0.2) is 41.6 Å². The quantitative estimate of drug-likeness (QED) is 0.656. The number of aryl methyl sites for hydroxylation is 1. The van der Waals surface area contributed by atoms with Crippen molar-refractivity contribution in [3.63, 3.8) is 0 Å².